The molecule has 0 aliphatic carbocycles. The molecule has 156 valence electrons. The summed E-state index contributed by atoms with van der Waals surface area (Å²) in [6.45, 7) is 4.51. The molecule has 0 fully saturated rings. The summed E-state index contributed by atoms with van der Waals surface area (Å²) >= 11 is 0. The third kappa shape index (κ3) is 5.67. The number of nitrogens with zero attached hydrogens (tertiary/aromatic N) is 6. The molecular formula is C17H19F3N6O3. The number of carboxylic acids is 1. The molecule has 0 atom stereocenters. The fraction of sp³-hybridized carbons (Fsp3) is 0.412. The summed E-state index contributed by atoms with van der Waals surface area (Å²) < 4.78 is 41.3. The van der Waals surface area contributed by atoms with E-state index in [0.29, 0.717) is 6.54 Å². The lowest BCUT2D eigenvalue weighted by Gasteiger charge is -2.18. The van der Waals surface area contributed by atoms with E-state index in [1.807, 2.05) is 23.0 Å². The molecular weight excluding hydrogens is 393 g/mol. The smallest absolute Gasteiger partial charge is 0.475 e. The van der Waals surface area contributed by atoms with Gasteiger partial charge in [-0.2, -0.15) is 18.3 Å². The molecule has 1 aliphatic rings. The predicted molar refractivity (Wildman–Crippen MR) is 92.7 cm³/mol. The van der Waals surface area contributed by atoms with E-state index in [9.17, 15) is 13.2 Å². The van der Waals surface area contributed by atoms with E-state index in [-0.39, 0.29) is 0 Å². The highest BCUT2D eigenvalue weighted by molar-refractivity contribution is 5.73. The van der Waals surface area contributed by atoms with Gasteiger partial charge in [-0.25, -0.2) is 19.4 Å². The lowest BCUT2D eigenvalue weighted by molar-refractivity contribution is -0.192. The molecule has 1 aliphatic heterocycles. The van der Waals surface area contributed by atoms with Gasteiger partial charge in [-0.3, -0.25) is 4.90 Å². The van der Waals surface area contributed by atoms with E-state index in [4.69, 9.17) is 14.3 Å². The first kappa shape index (κ1) is 20.6. The van der Waals surface area contributed by atoms with Gasteiger partial charge in [-0.1, -0.05) is 0 Å². The number of imidazole rings is 1. The number of carboxylic acid groups (broad SMARTS) is 1. The van der Waals surface area contributed by atoms with Crippen LogP contribution in [0.5, 0.6) is 0 Å². The van der Waals surface area contributed by atoms with Gasteiger partial charge < -0.3 is 14.1 Å². The molecule has 4 rings (SSSR count). The third-order valence-corrected chi connectivity index (χ3v) is 4.30. The fourth-order valence-corrected chi connectivity index (χ4v) is 2.93. The van der Waals surface area contributed by atoms with E-state index >= 15 is 0 Å². The quantitative estimate of drug-likeness (QED) is 0.697. The number of furan rings is 1. The summed E-state index contributed by atoms with van der Waals surface area (Å²) in [5, 5.41) is 11.3. The van der Waals surface area contributed by atoms with Crippen LogP contribution in [0.2, 0.25) is 0 Å². The predicted octanol–water partition coefficient (Wildman–Crippen LogP) is 1.81. The molecule has 0 saturated heterocycles. The number of aromatic nitrogens is 5. The van der Waals surface area contributed by atoms with Gasteiger partial charge in [-0.15, -0.1) is 0 Å². The molecule has 3 aromatic rings. The van der Waals surface area contributed by atoms with Gasteiger partial charge in [0.05, 0.1) is 31.2 Å². The molecule has 0 radical (unpaired) electrons. The van der Waals surface area contributed by atoms with Gasteiger partial charge in [0.1, 0.15) is 24.2 Å². The van der Waals surface area contributed by atoms with Crippen molar-refractivity contribution in [3.63, 3.8) is 0 Å². The van der Waals surface area contributed by atoms with Crippen LogP contribution >= 0.6 is 0 Å². The Balaban J connectivity index is 0.000000298. The van der Waals surface area contributed by atoms with E-state index < -0.39 is 12.1 Å². The summed E-state index contributed by atoms with van der Waals surface area (Å²) in [6, 6.07) is 3.97. The van der Waals surface area contributed by atoms with Crippen LogP contribution in [0.1, 0.15) is 17.3 Å². The molecule has 0 saturated carbocycles. The van der Waals surface area contributed by atoms with Crippen molar-refractivity contribution in [2.24, 2.45) is 0 Å². The number of hydrogen-bond acceptors (Lipinski definition) is 6. The van der Waals surface area contributed by atoms with Crippen molar-refractivity contribution in [3.05, 3.63) is 54.5 Å². The second kappa shape index (κ2) is 8.90. The lowest BCUT2D eigenvalue weighted by atomic mass is 10.3. The number of aliphatic carboxylic acids is 1. The molecule has 0 spiro atoms. The van der Waals surface area contributed by atoms with E-state index in [2.05, 4.69) is 24.5 Å². The van der Waals surface area contributed by atoms with Gasteiger partial charge >= 0.3 is 12.1 Å². The van der Waals surface area contributed by atoms with Crippen LogP contribution in [-0.4, -0.2) is 59.6 Å². The number of rotatable bonds is 4. The van der Waals surface area contributed by atoms with E-state index in [0.717, 1.165) is 44.2 Å². The Hall–Kier alpha value is -3.15. The van der Waals surface area contributed by atoms with E-state index in [1.165, 1.54) is 5.69 Å². The monoisotopic (exact) mass is 412 g/mol. The number of hydrogen-bond donors (Lipinski definition) is 1. The number of alkyl halides is 3. The van der Waals surface area contributed by atoms with Crippen molar-refractivity contribution in [3.8, 4) is 0 Å². The zero-order valence-electron chi connectivity index (χ0n) is 15.3. The second-order valence-electron chi connectivity index (χ2n) is 6.32. The molecule has 12 heteroatoms. The van der Waals surface area contributed by atoms with Crippen molar-refractivity contribution in [2.45, 2.75) is 32.2 Å². The minimum Gasteiger partial charge on any atom is -0.475 e. The van der Waals surface area contributed by atoms with Crippen molar-refractivity contribution < 1.29 is 27.5 Å². The average Bonchev–Trinajstić information content (AvgIpc) is 3.39. The molecule has 0 unspecified atom stereocenters. The maximum absolute atomic E-state index is 10.6. The number of fused-ring (bicyclic) bond motifs is 1. The Morgan fingerprint density at radius 2 is 2.03 bits per heavy atom. The molecule has 4 heterocycles. The molecule has 29 heavy (non-hydrogen) atoms. The summed E-state index contributed by atoms with van der Waals surface area (Å²) in [5.74, 6) is -0.591. The first-order valence-corrected chi connectivity index (χ1v) is 8.73. The van der Waals surface area contributed by atoms with Crippen LogP contribution in [-0.2, 0) is 30.8 Å². The maximum Gasteiger partial charge on any atom is 0.490 e. The van der Waals surface area contributed by atoms with Crippen LogP contribution in [0, 0.1) is 0 Å². The molecule has 3 aromatic heterocycles. The van der Waals surface area contributed by atoms with Gasteiger partial charge in [0, 0.05) is 26.1 Å². The Labute approximate surface area is 163 Å². The summed E-state index contributed by atoms with van der Waals surface area (Å²) in [7, 11) is 0. The highest BCUT2D eigenvalue weighted by Gasteiger charge is 2.38. The largest absolute Gasteiger partial charge is 0.490 e. The molecule has 1 N–H and O–H groups in total. The third-order valence-electron chi connectivity index (χ3n) is 4.30. The van der Waals surface area contributed by atoms with Crippen molar-refractivity contribution in [1.29, 1.82) is 0 Å². The van der Waals surface area contributed by atoms with Gasteiger partial charge in [0.2, 0.25) is 0 Å². The maximum atomic E-state index is 10.6. The highest BCUT2D eigenvalue weighted by Crippen LogP contribution is 2.15. The molecule has 0 bridgehead atoms. The zero-order valence-corrected chi connectivity index (χ0v) is 15.3. The molecule has 9 nitrogen and oxygen atoms in total. The van der Waals surface area contributed by atoms with Crippen LogP contribution < -0.4 is 0 Å². The lowest BCUT2D eigenvalue weighted by Crippen LogP contribution is -2.26. The van der Waals surface area contributed by atoms with Gasteiger partial charge in [0.25, 0.3) is 0 Å². The summed E-state index contributed by atoms with van der Waals surface area (Å²) in [6.07, 6.45) is 2.86. The second-order valence-corrected chi connectivity index (χ2v) is 6.32. The first-order chi connectivity index (χ1) is 13.8. The van der Waals surface area contributed by atoms with Crippen LogP contribution in [0.3, 0.4) is 0 Å². The van der Waals surface area contributed by atoms with Crippen LogP contribution in [0.25, 0.3) is 0 Å². The zero-order chi connectivity index (χ0) is 20.9. The average molecular weight is 412 g/mol. The minimum absolute atomic E-state index is 0.713. The topological polar surface area (TPSA) is 102 Å². The van der Waals surface area contributed by atoms with E-state index in [1.54, 1.807) is 18.9 Å². The van der Waals surface area contributed by atoms with Crippen LogP contribution in [0.4, 0.5) is 13.2 Å². The van der Waals surface area contributed by atoms with Gasteiger partial charge in [0.15, 0.2) is 0 Å². The summed E-state index contributed by atoms with van der Waals surface area (Å²) in [4.78, 5) is 19.9. The Morgan fingerprint density at radius 1 is 1.24 bits per heavy atom. The minimum atomic E-state index is -5.08. The molecule has 0 aromatic carbocycles. The SMILES string of the molecule is O=C(O)C(F)(F)F.c1coc(CN2CCc3ncc(Cn4cncn4)n3CC2)c1. The number of halogens is 3. The Bertz CT molecular complexity index is 906. The number of carbonyl (C=O) groups is 1. The van der Waals surface area contributed by atoms with Crippen LogP contribution in [0.15, 0.2) is 41.7 Å². The van der Waals surface area contributed by atoms with Crippen molar-refractivity contribution >= 4 is 5.97 Å². The summed E-state index contributed by atoms with van der Waals surface area (Å²) in [5.41, 5.74) is 1.18. The highest BCUT2D eigenvalue weighted by atomic mass is 19.4. The van der Waals surface area contributed by atoms with Gasteiger partial charge in [-0.05, 0) is 12.1 Å². The fourth-order valence-electron chi connectivity index (χ4n) is 2.93. The molecule has 0 amide bonds. The standard InChI is InChI=1S/C15H18N6O.C2HF3O2/c1-2-14(22-7-1)10-19-4-3-15-17-8-13(21(15)6-5-19)9-20-12-16-11-18-20;3-2(4,5)1(6)7/h1-2,7-8,11-12H,3-6,9-10H2;(H,6,7). The first-order valence-electron chi connectivity index (χ1n) is 8.73. The normalized spacial score (nSPS) is 14.6. The Morgan fingerprint density at radius 3 is 2.66 bits per heavy atom. The Kier molecular flexibility index (Phi) is 6.32. The van der Waals surface area contributed by atoms with Crippen molar-refractivity contribution in [2.75, 3.05) is 13.1 Å². The van der Waals surface area contributed by atoms with Crippen molar-refractivity contribution in [1.82, 2.24) is 29.2 Å².